The van der Waals surface area contributed by atoms with E-state index in [0.717, 1.165) is 24.7 Å². The number of carbonyl (C=O) groups is 1. The Bertz CT molecular complexity index is 195. The van der Waals surface area contributed by atoms with E-state index in [1.165, 1.54) is 0 Å². The van der Waals surface area contributed by atoms with Crippen molar-refractivity contribution in [2.45, 2.75) is 52.7 Å². The Morgan fingerprint density at radius 3 is 2.29 bits per heavy atom. The van der Waals surface area contributed by atoms with Crippen LogP contribution in [0.2, 0.25) is 0 Å². The number of nitrogens with one attached hydrogen (secondary N) is 1. The average molecular weight is 199 g/mol. The minimum Gasteiger partial charge on any atom is -0.447 e. The van der Waals surface area contributed by atoms with E-state index in [9.17, 15) is 4.79 Å². The van der Waals surface area contributed by atoms with Crippen molar-refractivity contribution in [1.29, 1.82) is 0 Å². The predicted molar refractivity (Wildman–Crippen MR) is 56.1 cm³/mol. The van der Waals surface area contributed by atoms with Crippen LogP contribution in [0.25, 0.3) is 0 Å². The summed E-state index contributed by atoms with van der Waals surface area (Å²) in [4.78, 5) is 11.2. The standard InChI is InChI=1S/C11H21NO2/c1-7(2)9-5-10(6-9)12-11(13)14-8(3)4/h7-10H,5-6H2,1-4H3,(H,12,13)/t9-,10+. The molecule has 0 heterocycles. The van der Waals surface area contributed by atoms with Gasteiger partial charge in [-0.3, -0.25) is 0 Å². The van der Waals surface area contributed by atoms with Crippen LogP contribution in [0, 0.1) is 11.8 Å². The molecule has 1 saturated carbocycles. The Balaban J connectivity index is 2.13. The highest BCUT2D eigenvalue weighted by Crippen LogP contribution is 2.33. The van der Waals surface area contributed by atoms with Gasteiger partial charge in [0.1, 0.15) is 0 Å². The summed E-state index contributed by atoms with van der Waals surface area (Å²) in [6, 6.07) is 0.341. The van der Waals surface area contributed by atoms with Crippen LogP contribution in [0.3, 0.4) is 0 Å². The van der Waals surface area contributed by atoms with Crippen molar-refractivity contribution in [2.75, 3.05) is 0 Å². The molecule has 1 amide bonds. The first kappa shape index (κ1) is 11.3. The van der Waals surface area contributed by atoms with Crippen molar-refractivity contribution in [3.8, 4) is 0 Å². The first-order valence-corrected chi connectivity index (χ1v) is 5.46. The number of carbonyl (C=O) groups excluding carboxylic acids is 1. The minimum absolute atomic E-state index is 0.0315. The lowest BCUT2D eigenvalue weighted by Gasteiger charge is -2.38. The molecule has 0 atom stereocenters. The summed E-state index contributed by atoms with van der Waals surface area (Å²) >= 11 is 0. The largest absolute Gasteiger partial charge is 0.447 e. The van der Waals surface area contributed by atoms with Crippen LogP contribution in [0.4, 0.5) is 4.79 Å². The van der Waals surface area contributed by atoms with E-state index < -0.39 is 0 Å². The molecule has 14 heavy (non-hydrogen) atoms. The van der Waals surface area contributed by atoms with Crippen LogP contribution in [-0.4, -0.2) is 18.2 Å². The van der Waals surface area contributed by atoms with Gasteiger partial charge in [0.05, 0.1) is 6.10 Å². The highest BCUT2D eigenvalue weighted by atomic mass is 16.6. The Labute approximate surface area is 86.2 Å². The molecule has 3 heteroatoms. The van der Waals surface area contributed by atoms with Crippen molar-refractivity contribution >= 4 is 6.09 Å². The van der Waals surface area contributed by atoms with E-state index in [-0.39, 0.29) is 12.2 Å². The van der Waals surface area contributed by atoms with E-state index in [1.807, 2.05) is 13.8 Å². The maximum atomic E-state index is 11.2. The fourth-order valence-corrected chi connectivity index (χ4v) is 1.74. The Kier molecular flexibility index (Phi) is 3.78. The summed E-state index contributed by atoms with van der Waals surface area (Å²) in [6.45, 7) is 8.18. The monoisotopic (exact) mass is 199 g/mol. The molecule has 1 N–H and O–H groups in total. The summed E-state index contributed by atoms with van der Waals surface area (Å²) in [5.74, 6) is 1.51. The second-order valence-electron chi connectivity index (χ2n) is 4.77. The zero-order valence-corrected chi connectivity index (χ0v) is 9.54. The van der Waals surface area contributed by atoms with Gasteiger partial charge in [-0.2, -0.15) is 0 Å². The Hall–Kier alpha value is -0.730. The van der Waals surface area contributed by atoms with Gasteiger partial charge in [-0.05, 0) is 38.5 Å². The highest BCUT2D eigenvalue weighted by molar-refractivity contribution is 5.67. The van der Waals surface area contributed by atoms with Gasteiger partial charge in [-0.25, -0.2) is 4.79 Å². The van der Waals surface area contributed by atoms with Crippen LogP contribution in [0.5, 0.6) is 0 Å². The smallest absolute Gasteiger partial charge is 0.407 e. The molecule has 1 rings (SSSR count). The summed E-state index contributed by atoms with van der Waals surface area (Å²) in [6.07, 6.45) is 1.90. The fraction of sp³-hybridized carbons (Fsp3) is 0.909. The average Bonchev–Trinajstić information content (AvgIpc) is 1.93. The van der Waals surface area contributed by atoms with Gasteiger partial charge in [0.2, 0.25) is 0 Å². The molecule has 0 aromatic carbocycles. The van der Waals surface area contributed by atoms with Crippen molar-refractivity contribution < 1.29 is 9.53 Å². The van der Waals surface area contributed by atoms with Gasteiger partial charge < -0.3 is 10.1 Å². The van der Waals surface area contributed by atoms with E-state index in [0.29, 0.717) is 6.04 Å². The molecular weight excluding hydrogens is 178 g/mol. The maximum absolute atomic E-state index is 11.2. The number of alkyl carbamates (subject to hydrolysis) is 1. The van der Waals surface area contributed by atoms with Crippen LogP contribution in [0.1, 0.15) is 40.5 Å². The third-order valence-electron chi connectivity index (χ3n) is 2.78. The normalized spacial score (nSPS) is 26.1. The van der Waals surface area contributed by atoms with Crippen molar-refractivity contribution in [3.63, 3.8) is 0 Å². The minimum atomic E-state index is -0.271. The molecule has 0 spiro atoms. The Morgan fingerprint density at radius 1 is 1.29 bits per heavy atom. The van der Waals surface area contributed by atoms with Crippen molar-refractivity contribution in [2.24, 2.45) is 11.8 Å². The van der Waals surface area contributed by atoms with Crippen molar-refractivity contribution in [1.82, 2.24) is 5.32 Å². The third kappa shape index (κ3) is 3.20. The molecule has 1 aliphatic carbocycles. The first-order valence-electron chi connectivity index (χ1n) is 5.46. The van der Waals surface area contributed by atoms with Crippen LogP contribution in [-0.2, 0) is 4.74 Å². The molecular formula is C11H21NO2. The molecule has 0 aromatic rings. The van der Waals surface area contributed by atoms with Gasteiger partial charge >= 0.3 is 6.09 Å². The zero-order valence-electron chi connectivity index (χ0n) is 9.54. The lowest BCUT2D eigenvalue weighted by molar-refractivity contribution is 0.0955. The molecule has 0 aromatic heterocycles. The van der Waals surface area contributed by atoms with Gasteiger partial charge in [0, 0.05) is 6.04 Å². The number of hydrogen-bond donors (Lipinski definition) is 1. The van der Waals surface area contributed by atoms with E-state index in [4.69, 9.17) is 4.74 Å². The number of hydrogen-bond acceptors (Lipinski definition) is 2. The topological polar surface area (TPSA) is 38.3 Å². The van der Waals surface area contributed by atoms with Gasteiger partial charge in [-0.1, -0.05) is 13.8 Å². The van der Waals surface area contributed by atoms with Crippen LogP contribution in [0.15, 0.2) is 0 Å². The van der Waals surface area contributed by atoms with Gasteiger partial charge in [0.15, 0.2) is 0 Å². The maximum Gasteiger partial charge on any atom is 0.407 e. The highest BCUT2D eigenvalue weighted by Gasteiger charge is 2.32. The second kappa shape index (κ2) is 4.67. The van der Waals surface area contributed by atoms with E-state index in [1.54, 1.807) is 0 Å². The van der Waals surface area contributed by atoms with Crippen molar-refractivity contribution in [3.05, 3.63) is 0 Å². The molecule has 0 bridgehead atoms. The molecule has 82 valence electrons. The summed E-state index contributed by atoms with van der Waals surface area (Å²) in [7, 11) is 0. The van der Waals surface area contributed by atoms with Crippen LogP contribution >= 0.6 is 0 Å². The van der Waals surface area contributed by atoms with Gasteiger partial charge in [-0.15, -0.1) is 0 Å². The SMILES string of the molecule is CC(C)OC(=O)N[C@H]1C[C@@H](C(C)C)C1. The molecule has 0 unspecified atom stereocenters. The van der Waals surface area contributed by atoms with Gasteiger partial charge in [0.25, 0.3) is 0 Å². The number of ether oxygens (including phenoxy) is 1. The van der Waals surface area contributed by atoms with E-state index >= 15 is 0 Å². The molecule has 1 aliphatic rings. The fourth-order valence-electron chi connectivity index (χ4n) is 1.74. The lowest BCUT2D eigenvalue weighted by atomic mass is 9.74. The molecule has 0 saturated heterocycles. The summed E-state index contributed by atoms with van der Waals surface area (Å²) in [5.41, 5.74) is 0. The first-order chi connectivity index (χ1) is 6.49. The summed E-state index contributed by atoms with van der Waals surface area (Å²) in [5, 5.41) is 2.87. The Morgan fingerprint density at radius 2 is 1.86 bits per heavy atom. The molecule has 0 radical (unpaired) electrons. The van der Waals surface area contributed by atoms with E-state index in [2.05, 4.69) is 19.2 Å². The third-order valence-corrected chi connectivity index (χ3v) is 2.78. The predicted octanol–water partition coefficient (Wildman–Crippen LogP) is 2.56. The molecule has 1 fully saturated rings. The lowest BCUT2D eigenvalue weighted by Crippen LogP contribution is -2.46. The molecule has 3 nitrogen and oxygen atoms in total. The quantitative estimate of drug-likeness (QED) is 0.758. The number of amides is 1. The van der Waals surface area contributed by atoms with Crippen LogP contribution < -0.4 is 5.32 Å². The summed E-state index contributed by atoms with van der Waals surface area (Å²) < 4.78 is 5.00. The number of rotatable bonds is 3. The zero-order chi connectivity index (χ0) is 10.7. The molecule has 0 aliphatic heterocycles. The second-order valence-corrected chi connectivity index (χ2v) is 4.77.